The highest BCUT2D eigenvalue weighted by molar-refractivity contribution is 5.99. The molecule has 1 atom stereocenters. The van der Waals surface area contributed by atoms with E-state index in [4.69, 9.17) is 4.42 Å². The van der Waals surface area contributed by atoms with Crippen molar-refractivity contribution >= 4 is 28.6 Å². The number of carbonyl (C=O) groups is 2. The van der Waals surface area contributed by atoms with Gasteiger partial charge >= 0.3 is 5.76 Å². The second-order valence-corrected chi connectivity index (χ2v) is 4.37. The molecule has 2 amide bonds. The first-order chi connectivity index (χ1) is 9.11. The molecule has 98 valence electrons. The number of benzene rings is 1. The quantitative estimate of drug-likeness (QED) is 0.724. The van der Waals surface area contributed by atoms with Crippen molar-refractivity contribution in [3.05, 3.63) is 28.7 Å². The van der Waals surface area contributed by atoms with Gasteiger partial charge in [0.2, 0.25) is 11.8 Å². The average Bonchev–Trinajstić information content (AvgIpc) is 2.93. The second kappa shape index (κ2) is 4.27. The van der Waals surface area contributed by atoms with E-state index in [-0.39, 0.29) is 11.8 Å². The zero-order chi connectivity index (χ0) is 13.4. The number of aromatic amines is 1. The summed E-state index contributed by atoms with van der Waals surface area (Å²) in [5, 5.41) is 5.26. The maximum Gasteiger partial charge on any atom is 0.417 e. The van der Waals surface area contributed by atoms with E-state index in [9.17, 15) is 14.4 Å². The lowest BCUT2D eigenvalue weighted by molar-refractivity contribution is -0.122. The number of hydrogen-bond donors (Lipinski definition) is 3. The monoisotopic (exact) mass is 261 g/mol. The molecule has 1 saturated heterocycles. The number of hydrogen-bond acceptors (Lipinski definition) is 4. The van der Waals surface area contributed by atoms with Crippen molar-refractivity contribution < 1.29 is 14.0 Å². The van der Waals surface area contributed by atoms with E-state index in [0.29, 0.717) is 29.6 Å². The van der Waals surface area contributed by atoms with Crippen LogP contribution >= 0.6 is 0 Å². The molecule has 1 aliphatic rings. The molecule has 0 spiro atoms. The number of fused-ring (bicyclic) bond motifs is 1. The van der Waals surface area contributed by atoms with E-state index in [2.05, 4.69) is 15.6 Å². The molecule has 1 aromatic heterocycles. The predicted molar refractivity (Wildman–Crippen MR) is 66.6 cm³/mol. The molecular weight excluding hydrogens is 250 g/mol. The Morgan fingerprint density at radius 1 is 1.37 bits per heavy atom. The summed E-state index contributed by atoms with van der Waals surface area (Å²) in [6, 6.07) is 4.36. The van der Waals surface area contributed by atoms with Crippen molar-refractivity contribution in [2.75, 3.05) is 5.32 Å². The number of oxazole rings is 1. The Morgan fingerprint density at radius 3 is 2.95 bits per heavy atom. The lowest BCUT2D eigenvalue weighted by Gasteiger charge is -2.10. The summed E-state index contributed by atoms with van der Waals surface area (Å²) in [7, 11) is 0. The van der Waals surface area contributed by atoms with Crippen LogP contribution in [0, 0.1) is 0 Å². The maximum absolute atomic E-state index is 11.9. The predicted octanol–water partition coefficient (Wildman–Crippen LogP) is 0.338. The van der Waals surface area contributed by atoms with Crippen molar-refractivity contribution in [1.82, 2.24) is 10.3 Å². The zero-order valence-electron chi connectivity index (χ0n) is 9.86. The van der Waals surface area contributed by atoms with Gasteiger partial charge in [-0.25, -0.2) is 4.79 Å². The van der Waals surface area contributed by atoms with Gasteiger partial charge in [-0.2, -0.15) is 0 Å². The molecule has 1 aromatic carbocycles. The molecular formula is C12H11N3O4. The van der Waals surface area contributed by atoms with Gasteiger partial charge in [-0.05, 0) is 18.6 Å². The van der Waals surface area contributed by atoms with Crippen molar-refractivity contribution in [3.63, 3.8) is 0 Å². The lowest BCUT2D eigenvalue weighted by atomic mass is 10.2. The standard InChI is InChI=1S/C12H11N3O4/c16-10-4-3-8(14-10)11(17)13-6-1-2-7-9(5-6)19-12(18)15-7/h1-2,5,8H,3-4H2,(H,13,17)(H,14,16)(H,15,18). The smallest absolute Gasteiger partial charge is 0.408 e. The first kappa shape index (κ1) is 11.5. The third-order valence-electron chi connectivity index (χ3n) is 3.00. The van der Waals surface area contributed by atoms with Crippen LogP contribution in [0.3, 0.4) is 0 Å². The van der Waals surface area contributed by atoms with E-state index in [1.54, 1.807) is 18.2 Å². The van der Waals surface area contributed by atoms with Crippen LogP contribution in [0.2, 0.25) is 0 Å². The van der Waals surface area contributed by atoms with Gasteiger partial charge in [0.05, 0.1) is 5.52 Å². The SMILES string of the molecule is O=C1CCC(C(=O)Nc2ccc3[nH]c(=O)oc3c2)N1. The molecule has 0 saturated carbocycles. The minimum Gasteiger partial charge on any atom is -0.408 e. The van der Waals surface area contributed by atoms with Gasteiger partial charge in [0, 0.05) is 18.2 Å². The summed E-state index contributed by atoms with van der Waals surface area (Å²) < 4.78 is 4.90. The van der Waals surface area contributed by atoms with Crippen molar-refractivity contribution in [2.24, 2.45) is 0 Å². The van der Waals surface area contributed by atoms with Crippen LogP contribution in [0.15, 0.2) is 27.4 Å². The molecule has 0 bridgehead atoms. The van der Waals surface area contributed by atoms with Crippen LogP contribution in [0.5, 0.6) is 0 Å². The minimum absolute atomic E-state index is 0.118. The number of anilines is 1. The molecule has 2 heterocycles. The summed E-state index contributed by atoms with van der Waals surface area (Å²) in [5.41, 5.74) is 1.46. The summed E-state index contributed by atoms with van der Waals surface area (Å²) in [4.78, 5) is 36.4. The highest BCUT2D eigenvalue weighted by Gasteiger charge is 2.27. The second-order valence-electron chi connectivity index (χ2n) is 4.37. The number of H-pyrrole nitrogens is 1. The molecule has 7 nitrogen and oxygen atoms in total. The van der Waals surface area contributed by atoms with Crippen LogP contribution in [0.25, 0.3) is 11.1 Å². The fraction of sp³-hybridized carbons (Fsp3) is 0.250. The third-order valence-corrected chi connectivity index (χ3v) is 3.00. The Hall–Kier alpha value is -2.57. The number of aromatic nitrogens is 1. The van der Waals surface area contributed by atoms with Crippen LogP contribution < -0.4 is 16.4 Å². The first-order valence-electron chi connectivity index (χ1n) is 5.85. The van der Waals surface area contributed by atoms with Gasteiger partial charge in [-0.3, -0.25) is 14.6 Å². The Morgan fingerprint density at radius 2 is 2.21 bits per heavy atom. The van der Waals surface area contributed by atoms with E-state index < -0.39 is 11.8 Å². The van der Waals surface area contributed by atoms with Gasteiger partial charge in [0.25, 0.3) is 0 Å². The van der Waals surface area contributed by atoms with Gasteiger partial charge in [-0.15, -0.1) is 0 Å². The Labute approximate surface area is 107 Å². The number of nitrogens with one attached hydrogen (secondary N) is 3. The van der Waals surface area contributed by atoms with E-state index >= 15 is 0 Å². The van der Waals surface area contributed by atoms with Crippen molar-refractivity contribution in [3.8, 4) is 0 Å². The van der Waals surface area contributed by atoms with Crippen LogP contribution in [-0.2, 0) is 9.59 Å². The highest BCUT2D eigenvalue weighted by Crippen LogP contribution is 2.17. The molecule has 2 aromatic rings. The first-order valence-corrected chi connectivity index (χ1v) is 5.85. The molecule has 1 unspecified atom stereocenters. The van der Waals surface area contributed by atoms with E-state index in [1.165, 1.54) is 0 Å². The molecule has 0 radical (unpaired) electrons. The Kier molecular flexibility index (Phi) is 2.59. The van der Waals surface area contributed by atoms with Crippen LogP contribution in [0.4, 0.5) is 5.69 Å². The fourth-order valence-corrected chi connectivity index (χ4v) is 2.06. The third kappa shape index (κ3) is 2.22. The number of rotatable bonds is 2. The highest BCUT2D eigenvalue weighted by atomic mass is 16.4. The largest absolute Gasteiger partial charge is 0.417 e. The molecule has 1 aliphatic heterocycles. The Bertz CT molecular complexity index is 715. The molecule has 7 heteroatoms. The summed E-state index contributed by atoms with van der Waals surface area (Å²) in [6.07, 6.45) is 0.857. The molecule has 1 fully saturated rings. The molecule has 19 heavy (non-hydrogen) atoms. The number of carbonyl (C=O) groups excluding carboxylic acids is 2. The fourth-order valence-electron chi connectivity index (χ4n) is 2.06. The van der Waals surface area contributed by atoms with Gasteiger partial charge < -0.3 is 15.1 Å². The summed E-state index contributed by atoms with van der Waals surface area (Å²) in [6.45, 7) is 0. The van der Waals surface area contributed by atoms with E-state index in [0.717, 1.165) is 0 Å². The maximum atomic E-state index is 11.9. The lowest BCUT2D eigenvalue weighted by Crippen LogP contribution is -2.37. The topological polar surface area (TPSA) is 104 Å². The Balaban J connectivity index is 1.79. The number of amides is 2. The normalized spacial score (nSPS) is 18.5. The van der Waals surface area contributed by atoms with E-state index in [1.807, 2.05) is 0 Å². The van der Waals surface area contributed by atoms with Crippen LogP contribution in [-0.4, -0.2) is 22.8 Å². The van der Waals surface area contributed by atoms with Crippen molar-refractivity contribution in [2.45, 2.75) is 18.9 Å². The summed E-state index contributed by atoms with van der Waals surface area (Å²) >= 11 is 0. The molecule has 0 aliphatic carbocycles. The van der Waals surface area contributed by atoms with Crippen molar-refractivity contribution in [1.29, 1.82) is 0 Å². The van der Waals surface area contributed by atoms with Crippen LogP contribution in [0.1, 0.15) is 12.8 Å². The average molecular weight is 261 g/mol. The summed E-state index contributed by atoms with van der Waals surface area (Å²) in [5.74, 6) is -0.933. The zero-order valence-corrected chi connectivity index (χ0v) is 9.86. The van der Waals surface area contributed by atoms with Gasteiger partial charge in [0.1, 0.15) is 6.04 Å². The molecule has 3 rings (SSSR count). The minimum atomic E-state index is -0.540. The van der Waals surface area contributed by atoms with Gasteiger partial charge in [0.15, 0.2) is 5.58 Å². The molecule has 3 N–H and O–H groups in total. The van der Waals surface area contributed by atoms with Gasteiger partial charge in [-0.1, -0.05) is 0 Å².